The van der Waals surface area contributed by atoms with Gasteiger partial charge in [-0.2, -0.15) is 5.26 Å². The fraction of sp³-hybridized carbons (Fsp3) is 0.667. The first-order valence-corrected chi connectivity index (χ1v) is 9.37. The Morgan fingerprint density at radius 3 is 2.46 bits per heavy atom. The van der Waals surface area contributed by atoms with Crippen molar-refractivity contribution in [3.8, 4) is 17.6 Å². The lowest BCUT2D eigenvalue weighted by Gasteiger charge is -2.26. The van der Waals surface area contributed by atoms with E-state index < -0.39 is 6.10 Å². The van der Waals surface area contributed by atoms with Gasteiger partial charge in [0.05, 0.1) is 32.7 Å². The third kappa shape index (κ3) is 7.63. The SMILES string of the molecule is COc1ccc(OC[C@@H](O)C[NH+](CCC#N)CC(C)C)c(C(C)(C)C)c1. The highest BCUT2D eigenvalue weighted by Gasteiger charge is 2.22. The lowest BCUT2D eigenvalue weighted by Crippen LogP contribution is -3.13. The zero-order valence-electron chi connectivity index (χ0n) is 17.1. The molecule has 1 unspecified atom stereocenters. The van der Waals surface area contributed by atoms with Crippen LogP contribution in [0.1, 0.15) is 46.6 Å². The molecule has 0 saturated carbocycles. The molecule has 26 heavy (non-hydrogen) atoms. The van der Waals surface area contributed by atoms with Crippen LogP contribution in [-0.4, -0.2) is 44.6 Å². The summed E-state index contributed by atoms with van der Waals surface area (Å²) in [5, 5.41) is 19.3. The molecule has 0 aliphatic carbocycles. The molecule has 5 heteroatoms. The molecule has 1 rings (SSSR count). The van der Waals surface area contributed by atoms with E-state index in [1.165, 1.54) is 4.90 Å². The first kappa shape index (κ1) is 22.3. The minimum absolute atomic E-state index is 0.0868. The summed E-state index contributed by atoms with van der Waals surface area (Å²) in [5.41, 5.74) is 0.969. The summed E-state index contributed by atoms with van der Waals surface area (Å²) in [5.74, 6) is 2.09. The molecule has 146 valence electrons. The van der Waals surface area contributed by atoms with E-state index in [0.29, 0.717) is 18.9 Å². The van der Waals surface area contributed by atoms with Crippen LogP contribution in [0.25, 0.3) is 0 Å². The molecule has 0 amide bonds. The molecule has 2 atom stereocenters. The van der Waals surface area contributed by atoms with E-state index in [0.717, 1.165) is 30.2 Å². The first-order chi connectivity index (χ1) is 12.2. The molecule has 0 aliphatic heterocycles. The van der Waals surface area contributed by atoms with Crippen LogP contribution in [-0.2, 0) is 5.41 Å². The van der Waals surface area contributed by atoms with Crippen molar-refractivity contribution in [3.63, 3.8) is 0 Å². The van der Waals surface area contributed by atoms with Gasteiger partial charge in [-0.15, -0.1) is 0 Å². The topological polar surface area (TPSA) is 66.9 Å². The normalized spacial score (nSPS) is 14.0. The third-order valence-corrected chi connectivity index (χ3v) is 4.24. The van der Waals surface area contributed by atoms with Gasteiger partial charge in [0, 0.05) is 11.5 Å². The summed E-state index contributed by atoms with van der Waals surface area (Å²) >= 11 is 0. The Morgan fingerprint density at radius 2 is 1.92 bits per heavy atom. The van der Waals surface area contributed by atoms with Gasteiger partial charge in [-0.3, -0.25) is 0 Å². The molecule has 0 saturated heterocycles. The Bertz CT molecular complexity index is 588. The fourth-order valence-electron chi connectivity index (χ4n) is 3.02. The number of nitrogens with one attached hydrogen (secondary N) is 1. The number of nitrogens with zero attached hydrogens (tertiary/aromatic N) is 1. The second-order valence-electron chi connectivity index (χ2n) is 8.29. The number of rotatable bonds is 10. The Hall–Kier alpha value is -1.77. The van der Waals surface area contributed by atoms with Crippen LogP contribution in [0.2, 0.25) is 0 Å². The summed E-state index contributed by atoms with van der Waals surface area (Å²) < 4.78 is 11.3. The predicted octanol–water partition coefficient (Wildman–Crippen LogP) is 2.19. The summed E-state index contributed by atoms with van der Waals surface area (Å²) in [6, 6.07) is 7.96. The highest BCUT2D eigenvalue weighted by molar-refractivity contribution is 5.44. The van der Waals surface area contributed by atoms with Gasteiger partial charge in [-0.1, -0.05) is 34.6 Å². The molecule has 0 aliphatic rings. The van der Waals surface area contributed by atoms with Gasteiger partial charge in [-0.05, 0) is 23.6 Å². The molecule has 0 spiro atoms. The number of hydrogen-bond donors (Lipinski definition) is 2. The second kappa shape index (κ2) is 10.4. The number of quaternary nitrogens is 1. The van der Waals surface area contributed by atoms with Crippen molar-refractivity contribution in [1.82, 2.24) is 0 Å². The number of hydrogen-bond acceptors (Lipinski definition) is 4. The number of methoxy groups -OCH3 is 1. The molecule has 0 radical (unpaired) electrons. The maximum atomic E-state index is 10.4. The maximum Gasteiger partial charge on any atom is 0.137 e. The summed E-state index contributed by atoms with van der Waals surface area (Å²) in [6.45, 7) is 13.2. The van der Waals surface area contributed by atoms with Crippen molar-refractivity contribution >= 4 is 0 Å². The largest absolute Gasteiger partial charge is 0.497 e. The second-order valence-corrected chi connectivity index (χ2v) is 8.29. The average molecular weight is 364 g/mol. The van der Waals surface area contributed by atoms with Crippen molar-refractivity contribution in [2.24, 2.45) is 5.92 Å². The van der Waals surface area contributed by atoms with Crippen molar-refractivity contribution < 1.29 is 19.5 Å². The number of aliphatic hydroxyl groups excluding tert-OH is 1. The lowest BCUT2D eigenvalue weighted by molar-refractivity contribution is -0.905. The van der Waals surface area contributed by atoms with Crippen LogP contribution in [0, 0.1) is 17.2 Å². The van der Waals surface area contributed by atoms with E-state index in [1.54, 1.807) is 7.11 Å². The highest BCUT2D eigenvalue weighted by atomic mass is 16.5. The maximum absolute atomic E-state index is 10.4. The zero-order valence-corrected chi connectivity index (χ0v) is 17.1. The van der Waals surface area contributed by atoms with Crippen LogP contribution >= 0.6 is 0 Å². The van der Waals surface area contributed by atoms with Crippen LogP contribution in [0.15, 0.2) is 18.2 Å². The van der Waals surface area contributed by atoms with Crippen molar-refractivity contribution in [2.45, 2.75) is 52.6 Å². The number of aliphatic hydroxyl groups is 1. The molecular weight excluding hydrogens is 328 g/mol. The van der Waals surface area contributed by atoms with E-state index in [-0.39, 0.29) is 12.0 Å². The zero-order chi connectivity index (χ0) is 19.7. The number of nitriles is 1. The van der Waals surface area contributed by atoms with Gasteiger partial charge in [-0.25, -0.2) is 0 Å². The predicted molar refractivity (Wildman–Crippen MR) is 104 cm³/mol. The molecule has 1 aromatic rings. The average Bonchev–Trinajstić information content (AvgIpc) is 2.56. The number of benzene rings is 1. The van der Waals surface area contributed by atoms with E-state index in [4.69, 9.17) is 14.7 Å². The fourth-order valence-corrected chi connectivity index (χ4v) is 3.02. The van der Waals surface area contributed by atoms with Gasteiger partial charge in [0.25, 0.3) is 0 Å². The summed E-state index contributed by atoms with van der Waals surface area (Å²) in [6.07, 6.45) is -0.0696. The standard InChI is InChI=1S/C21H34N2O3/c1-16(2)13-23(11-7-10-22)14-17(24)15-26-20-9-8-18(25-6)12-19(20)21(3,4)5/h8-9,12,16-17,24H,7,11,13-15H2,1-6H3/p+1/t17-/m0/s1. The van der Waals surface area contributed by atoms with Crippen molar-refractivity contribution in [1.29, 1.82) is 5.26 Å². The smallest absolute Gasteiger partial charge is 0.137 e. The van der Waals surface area contributed by atoms with E-state index in [2.05, 4.69) is 40.7 Å². The molecule has 0 heterocycles. The van der Waals surface area contributed by atoms with Gasteiger partial charge in [0.15, 0.2) is 0 Å². The monoisotopic (exact) mass is 363 g/mol. The van der Waals surface area contributed by atoms with Gasteiger partial charge < -0.3 is 19.5 Å². The van der Waals surface area contributed by atoms with Gasteiger partial charge in [0.2, 0.25) is 0 Å². The van der Waals surface area contributed by atoms with Crippen LogP contribution in [0.5, 0.6) is 11.5 Å². The minimum atomic E-state index is -0.572. The van der Waals surface area contributed by atoms with E-state index in [1.807, 2.05) is 18.2 Å². The van der Waals surface area contributed by atoms with Crippen LogP contribution in [0.3, 0.4) is 0 Å². The lowest BCUT2D eigenvalue weighted by atomic mass is 9.86. The third-order valence-electron chi connectivity index (χ3n) is 4.24. The number of ether oxygens (including phenoxy) is 2. The van der Waals surface area contributed by atoms with Gasteiger partial charge in [0.1, 0.15) is 30.8 Å². The summed E-state index contributed by atoms with van der Waals surface area (Å²) in [7, 11) is 1.65. The van der Waals surface area contributed by atoms with E-state index >= 15 is 0 Å². The van der Waals surface area contributed by atoms with Crippen LogP contribution in [0.4, 0.5) is 0 Å². The Kier molecular flexibility index (Phi) is 8.91. The quantitative estimate of drug-likeness (QED) is 0.669. The minimum Gasteiger partial charge on any atom is -0.497 e. The Morgan fingerprint density at radius 1 is 1.23 bits per heavy atom. The molecule has 2 N–H and O–H groups in total. The summed E-state index contributed by atoms with van der Waals surface area (Å²) in [4.78, 5) is 1.24. The Labute approximate surface area is 158 Å². The molecule has 0 fully saturated rings. The molecule has 5 nitrogen and oxygen atoms in total. The molecule has 1 aromatic carbocycles. The molecule has 0 aromatic heterocycles. The highest BCUT2D eigenvalue weighted by Crippen LogP contribution is 2.34. The van der Waals surface area contributed by atoms with E-state index in [9.17, 15) is 5.11 Å². The first-order valence-electron chi connectivity index (χ1n) is 9.37. The van der Waals surface area contributed by atoms with Crippen molar-refractivity contribution in [3.05, 3.63) is 23.8 Å². The molecule has 0 bridgehead atoms. The Balaban J connectivity index is 2.74. The molecular formula is C21H35N2O3+. The van der Waals surface area contributed by atoms with Crippen molar-refractivity contribution in [2.75, 3.05) is 33.4 Å². The van der Waals surface area contributed by atoms with Gasteiger partial charge >= 0.3 is 0 Å². The van der Waals surface area contributed by atoms with Crippen LogP contribution < -0.4 is 14.4 Å².